The molecule has 0 amide bonds. The van der Waals surface area contributed by atoms with Crippen LogP contribution in [0.4, 0.5) is 18.9 Å². The fraction of sp³-hybridized carbons (Fsp3) is 0.250. The summed E-state index contributed by atoms with van der Waals surface area (Å²) in [6, 6.07) is 5.45. The summed E-state index contributed by atoms with van der Waals surface area (Å²) in [5.74, 6) is -1.21. The van der Waals surface area contributed by atoms with Crippen LogP contribution < -0.4 is 0 Å². The van der Waals surface area contributed by atoms with Crippen LogP contribution in [0.2, 0.25) is 0 Å². The zero-order valence-electron chi connectivity index (χ0n) is 11.6. The summed E-state index contributed by atoms with van der Waals surface area (Å²) >= 11 is 0.497. The van der Waals surface area contributed by atoms with Crippen molar-refractivity contribution in [1.82, 2.24) is 14.8 Å². The lowest BCUT2D eigenvalue weighted by Crippen LogP contribution is -2.13. The molecule has 1 aromatic carbocycles. The molecule has 0 aliphatic heterocycles. The third-order valence-corrected chi connectivity index (χ3v) is 3.67. The van der Waals surface area contributed by atoms with E-state index in [1.807, 2.05) is 0 Å². The first kappa shape index (κ1) is 16.9. The van der Waals surface area contributed by atoms with Gasteiger partial charge in [-0.25, -0.2) is 0 Å². The second-order valence-electron chi connectivity index (χ2n) is 4.44. The van der Waals surface area contributed by atoms with Crippen LogP contribution in [-0.2, 0) is 24.4 Å². The number of carbonyl (C=O) groups excluding carboxylic acids is 1. The van der Waals surface area contributed by atoms with Crippen molar-refractivity contribution in [2.45, 2.75) is 17.8 Å². The van der Waals surface area contributed by atoms with Crippen molar-refractivity contribution in [2.24, 2.45) is 7.05 Å². The second kappa shape index (κ2) is 6.36. The minimum Gasteiger partial charge on any atom is -0.301 e. The number of thioether (sulfide) groups is 1. The number of rotatable bonds is 4. The average molecular weight is 346 g/mol. The molecule has 0 aliphatic rings. The lowest BCUT2D eigenvalue weighted by Gasteiger charge is -2.06. The van der Waals surface area contributed by atoms with Crippen molar-refractivity contribution in [2.75, 3.05) is 0 Å². The average Bonchev–Trinajstić information content (AvgIpc) is 2.80. The third kappa shape index (κ3) is 4.06. The van der Waals surface area contributed by atoms with Gasteiger partial charge < -0.3 is 4.57 Å². The molecule has 0 unspecified atom stereocenters. The fourth-order valence-electron chi connectivity index (χ4n) is 1.74. The first-order valence-corrected chi connectivity index (χ1v) is 6.90. The van der Waals surface area contributed by atoms with E-state index in [0.29, 0.717) is 21.9 Å². The van der Waals surface area contributed by atoms with Crippen molar-refractivity contribution in [3.8, 4) is 0 Å². The quantitative estimate of drug-likeness (QED) is 0.480. The van der Waals surface area contributed by atoms with Crippen LogP contribution in [0.15, 0.2) is 29.4 Å². The van der Waals surface area contributed by atoms with E-state index in [9.17, 15) is 28.1 Å². The topological polar surface area (TPSA) is 90.9 Å². The number of hydrogen-bond donors (Lipinski definition) is 0. The summed E-state index contributed by atoms with van der Waals surface area (Å²) in [6.45, 7) is 0. The number of non-ortho nitro benzene ring substituents is 1. The van der Waals surface area contributed by atoms with E-state index in [-0.39, 0.29) is 17.3 Å². The molecule has 0 aliphatic carbocycles. The van der Waals surface area contributed by atoms with Crippen molar-refractivity contribution < 1.29 is 22.9 Å². The number of benzene rings is 1. The number of nitrogens with zero attached hydrogens (tertiary/aromatic N) is 4. The Kier molecular flexibility index (Phi) is 4.68. The van der Waals surface area contributed by atoms with E-state index < -0.39 is 22.0 Å². The van der Waals surface area contributed by atoms with Crippen LogP contribution in [0.25, 0.3) is 0 Å². The van der Waals surface area contributed by atoms with Gasteiger partial charge in [-0.15, -0.1) is 10.2 Å². The van der Waals surface area contributed by atoms with Gasteiger partial charge in [0.05, 0.1) is 4.92 Å². The number of halogens is 3. The summed E-state index contributed by atoms with van der Waals surface area (Å²) < 4.78 is 38.4. The molecule has 0 atom stereocenters. The number of nitro benzene ring substituents is 1. The van der Waals surface area contributed by atoms with Gasteiger partial charge in [0.15, 0.2) is 5.16 Å². The Balaban J connectivity index is 2.10. The number of alkyl halides is 3. The van der Waals surface area contributed by atoms with Crippen molar-refractivity contribution in [3.63, 3.8) is 0 Å². The van der Waals surface area contributed by atoms with Crippen molar-refractivity contribution in [3.05, 3.63) is 45.8 Å². The highest BCUT2D eigenvalue weighted by Gasteiger charge is 2.37. The smallest absolute Gasteiger partial charge is 0.301 e. The number of nitro groups is 1. The highest BCUT2D eigenvalue weighted by atomic mass is 32.2. The molecule has 0 spiro atoms. The Hall–Kier alpha value is -2.43. The molecule has 0 bridgehead atoms. The molecule has 0 N–H and O–H groups in total. The van der Waals surface area contributed by atoms with E-state index in [0.717, 1.165) is 7.05 Å². The molecular formula is C12H9F3N4O3S. The Labute approximate surface area is 131 Å². The molecule has 11 heteroatoms. The molecule has 1 aromatic heterocycles. The standard InChI is InChI=1S/C12H9F3N4O3S/c1-18-10(12(13,14)15)16-17-11(18)23-9(20)6-7-3-2-4-8(5-7)19(21)22/h2-5H,6H2,1H3. The van der Waals surface area contributed by atoms with Crippen LogP contribution in [0, 0.1) is 10.1 Å². The first-order valence-electron chi connectivity index (χ1n) is 6.09. The molecule has 0 fully saturated rings. The van der Waals surface area contributed by atoms with Gasteiger partial charge in [-0.05, 0) is 17.3 Å². The summed E-state index contributed by atoms with van der Waals surface area (Å²) in [5, 5.41) is 16.3. The Bertz CT molecular complexity index is 760. The van der Waals surface area contributed by atoms with Crippen LogP contribution in [-0.4, -0.2) is 24.8 Å². The predicted octanol–water partition coefficient (Wildman–Crippen LogP) is 2.60. The van der Waals surface area contributed by atoms with Crippen molar-refractivity contribution >= 4 is 22.6 Å². The number of hydrogen-bond acceptors (Lipinski definition) is 6. The Morgan fingerprint density at radius 2 is 2.09 bits per heavy atom. The molecule has 0 saturated carbocycles. The van der Waals surface area contributed by atoms with E-state index in [1.165, 1.54) is 24.3 Å². The van der Waals surface area contributed by atoms with Gasteiger partial charge in [0.25, 0.3) is 5.69 Å². The van der Waals surface area contributed by atoms with Crippen LogP contribution >= 0.6 is 11.8 Å². The Morgan fingerprint density at radius 1 is 1.39 bits per heavy atom. The van der Waals surface area contributed by atoms with Gasteiger partial charge in [-0.3, -0.25) is 14.9 Å². The number of aromatic nitrogens is 3. The lowest BCUT2D eigenvalue weighted by molar-refractivity contribution is -0.384. The van der Waals surface area contributed by atoms with Gasteiger partial charge in [-0.1, -0.05) is 12.1 Å². The van der Waals surface area contributed by atoms with Gasteiger partial charge in [0.2, 0.25) is 10.9 Å². The summed E-state index contributed by atoms with van der Waals surface area (Å²) in [7, 11) is 1.10. The van der Waals surface area contributed by atoms with Gasteiger partial charge >= 0.3 is 6.18 Å². The molecule has 7 nitrogen and oxygen atoms in total. The molecule has 0 saturated heterocycles. The maximum absolute atomic E-state index is 12.6. The maximum atomic E-state index is 12.6. The first-order chi connectivity index (χ1) is 10.7. The van der Waals surface area contributed by atoms with Gasteiger partial charge in [0.1, 0.15) is 0 Å². The third-order valence-electron chi connectivity index (χ3n) is 2.76. The van der Waals surface area contributed by atoms with E-state index in [2.05, 4.69) is 10.2 Å². The minimum atomic E-state index is -4.66. The summed E-state index contributed by atoms with van der Waals surface area (Å²) in [5.41, 5.74) is 0.216. The van der Waals surface area contributed by atoms with E-state index >= 15 is 0 Å². The largest absolute Gasteiger partial charge is 0.451 e. The summed E-state index contributed by atoms with van der Waals surface area (Å²) in [6.07, 6.45) is -4.84. The van der Waals surface area contributed by atoms with Crippen LogP contribution in [0.1, 0.15) is 11.4 Å². The molecule has 1 heterocycles. The van der Waals surface area contributed by atoms with Crippen molar-refractivity contribution in [1.29, 1.82) is 0 Å². The molecular weight excluding hydrogens is 337 g/mol. The highest BCUT2D eigenvalue weighted by molar-refractivity contribution is 8.13. The number of carbonyl (C=O) groups is 1. The molecule has 0 radical (unpaired) electrons. The fourth-order valence-corrected chi connectivity index (χ4v) is 2.48. The lowest BCUT2D eigenvalue weighted by atomic mass is 10.1. The highest BCUT2D eigenvalue weighted by Crippen LogP contribution is 2.30. The summed E-state index contributed by atoms with van der Waals surface area (Å²) in [4.78, 5) is 22.0. The molecule has 2 aromatic rings. The van der Waals surface area contributed by atoms with E-state index in [4.69, 9.17) is 0 Å². The molecule has 122 valence electrons. The maximum Gasteiger partial charge on any atom is 0.451 e. The van der Waals surface area contributed by atoms with Gasteiger partial charge in [-0.2, -0.15) is 13.2 Å². The monoisotopic (exact) mass is 346 g/mol. The minimum absolute atomic E-state index is 0.168. The zero-order chi connectivity index (χ0) is 17.2. The normalized spacial score (nSPS) is 11.5. The molecule has 23 heavy (non-hydrogen) atoms. The Morgan fingerprint density at radius 3 is 2.65 bits per heavy atom. The second-order valence-corrected chi connectivity index (χ2v) is 5.47. The SMILES string of the molecule is Cn1c(SC(=O)Cc2cccc([N+](=O)[O-])c2)nnc1C(F)(F)F. The van der Waals surface area contributed by atoms with Gasteiger partial charge in [0, 0.05) is 25.6 Å². The van der Waals surface area contributed by atoms with Crippen LogP contribution in [0.3, 0.4) is 0 Å². The molecule has 2 rings (SSSR count). The van der Waals surface area contributed by atoms with Crippen LogP contribution in [0.5, 0.6) is 0 Å². The predicted molar refractivity (Wildman–Crippen MR) is 73.7 cm³/mol. The zero-order valence-corrected chi connectivity index (χ0v) is 12.4. The van der Waals surface area contributed by atoms with E-state index in [1.54, 1.807) is 0 Å².